The Balaban J connectivity index is 2.08. The molecule has 122 valence electrons. The van der Waals surface area contributed by atoms with Gasteiger partial charge in [0.2, 0.25) is 15.9 Å². The van der Waals surface area contributed by atoms with E-state index in [1.165, 1.54) is 18.2 Å². The quantitative estimate of drug-likeness (QED) is 0.820. The van der Waals surface area contributed by atoms with Gasteiger partial charge in [0.15, 0.2) is 0 Å². The second-order valence-corrected chi connectivity index (χ2v) is 7.21. The zero-order chi connectivity index (χ0) is 16.3. The maximum Gasteiger partial charge on any atom is 0.240 e. The van der Waals surface area contributed by atoms with Crippen molar-refractivity contribution in [1.82, 2.24) is 9.62 Å². The number of piperidine rings is 1. The first-order chi connectivity index (χ1) is 10.3. The number of sulfonamides is 1. The highest BCUT2D eigenvalue weighted by Gasteiger charge is 2.29. The molecule has 2 atom stereocenters. The molecule has 0 radical (unpaired) electrons. The second-order valence-electron chi connectivity index (χ2n) is 5.49. The molecule has 0 spiro atoms. The Morgan fingerprint density at radius 1 is 1.50 bits per heavy atom. The highest BCUT2D eigenvalue weighted by atomic mass is 32.2. The maximum atomic E-state index is 13.2. The third-order valence-electron chi connectivity index (χ3n) is 3.84. The fraction of sp³-hybridized carbons (Fsp3) is 0.500. The lowest BCUT2D eigenvalue weighted by molar-refractivity contribution is -0.123. The third-order valence-corrected chi connectivity index (χ3v) is 5.36. The van der Waals surface area contributed by atoms with Crippen LogP contribution in [0, 0.1) is 5.82 Å². The van der Waals surface area contributed by atoms with E-state index in [-0.39, 0.29) is 10.9 Å². The third kappa shape index (κ3) is 4.02. The van der Waals surface area contributed by atoms with Crippen LogP contribution in [0.1, 0.15) is 19.8 Å². The number of benzene rings is 1. The molecule has 3 N–H and O–H groups in total. The Labute approximate surface area is 129 Å². The van der Waals surface area contributed by atoms with E-state index in [9.17, 15) is 17.6 Å². The topological polar surface area (TPSA) is 92.5 Å². The van der Waals surface area contributed by atoms with E-state index in [2.05, 4.69) is 4.72 Å². The summed E-state index contributed by atoms with van der Waals surface area (Å²) < 4.78 is 40.3. The largest absolute Gasteiger partial charge is 0.368 e. The molecule has 1 aromatic carbocycles. The molecule has 6 nitrogen and oxygen atoms in total. The number of rotatable bonds is 5. The van der Waals surface area contributed by atoms with Crippen LogP contribution in [0.4, 0.5) is 4.39 Å². The summed E-state index contributed by atoms with van der Waals surface area (Å²) >= 11 is 0. The van der Waals surface area contributed by atoms with E-state index >= 15 is 0 Å². The van der Waals surface area contributed by atoms with Crippen LogP contribution in [-0.2, 0) is 14.8 Å². The summed E-state index contributed by atoms with van der Waals surface area (Å²) in [5.41, 5.74) is 5.29. The van der Waals surface area contributed by atoms with E-state index < -0.39 is 27.8 Å². The molecule has 1 fully saturated rings. The number of hydrogen-bond donors (Lipinski definition) is 2. The average molecular weight is 329 g/mol. The first-order valence-electron chi connectivity index (χ1n) is 7.11. The van der Waals surface area contributed by atoms with Gasteiger partial charge in [-0.3, -0.25) is 9.69 Å². The van der Waals surface area contributed by atoms with Crippen molar-refractivity contribution in [2.24, 2.45) is 5.73 Å². The minimum Gasteiger partial charge on any atom is -0.368 e. The number of hydrogen-bond acceptors (Lipinski definition) is 4. The van der Waals surface area contributed by atoms with Gasteiger partial charge in [-0.25, -0.2) is 17.5 Å². The fourth-order valence-electron chi connectivity index (χ4n) is 2.56. The predicted molar refractivity (Wildman–Crippen MR) is 80.0 cm³/mol. The molecule has 1 aliphatic heterocycles. The van der Waals surface area contributed by atoms with E-state index in [1.807, 2.05) is 4.90 Å². The summed E-state index contributed by atoms with van der Waals surface area (Å²) in [6.45, 7) is 2.80. The summed E-state index contributed by atoms with van der Waals surface area (Å²) in [6, 6.07) is 4.10. The maximum absolute atomic E-state index is 13.2. The van der Waals surface area contributed by atoms with Crippen molar-refractivity contribution in [2.75, 3.05) is 13.1 Å². The Bertz CT molecular complexity index is 650. The number of likely N-dealkylation sites (tertiary alicyclic amines) is 1. The normalized spacial score (nSPS) is 21.5. The number of halogens is 1. The van der Waals surface area contributed by atoms with Crippen LogP contribution >= 0.6 is 0 Å². The van der Waals surface area contributed by atoms with Crippen LogP contribution in [0.3, 0.4) is 0 Å². The van der Waals surface area contributed by atoms with Crippen LogP contribution in [0.2, 0.25) is 0 Å². The van der Waals surface area contributed by atoms with Gasteiger partial charge in [0.05, 0.1) is 10.9 Å². The Hall–Kier alpha value is -1.51. The fourth-order valence-corrected chi connectivity index (χ4v) is 3.85. The van der Waals surface area contributed by atoms with E-state index in [1.54, 1.807) is 6.92 Å². The van der Waals surface area contributed by atoms with Crippen molar-refractivity contribution in [3.63, 3.8) is 0 Å². The smallest absolute Gasteiger partial charge is 0.240 e. The monoisotopic (exact) mass is 329 g/mol. The zero-order valence-corrected chi connectivity index (χ0v) is 13.1. The van der Waals surface area contributed by atoms with Gasteiger partial charge in [0.1, 0.15) is 5.82 Å². The van der Waals surface area contributed by atoms with E-state index in [0.29, 0.717) is 19.5 Å². The van der Waals surface area contributed by atoms with Crippen molar-refractivity contribution < 1.29 is 17.6 Å². The minimum absolute atomic E-state index is 0.104. The summed E-state index contributed by atoms with van der Waals surface area (Å²) in [5.74, 6) is -1.04. The van der Waals surface area contributed by atoms with E-state index in [0.717, 1.165) is 12.5 Å². The van der Waals surface area contributed by atoms with Crippen molar-refractivity contribution in [3.05, 3.63) is 30.1 Å². The summed E-state index contributed by atoms with van der Waals surface area (Å²) in [4.78, 5) is 13.0. The lowest BCUT2D eigenvalue weighted by Crippen LogP contribution is -2.53. The molecule has 1 heterocycles. The molecule has 0 unspecified atom stereocenters. The molecule has 0 aliphatic carbocycles. The number of carbonyl (C=O) groups excluding carboxylic acids is 1. The molecule has 1 aromatic rings. The standard InChI is InChI=1S/C14H20FN3O3S/c1-10(14(16)19)18-7-3-5-12(9-18)17-22(20,21)13-6-2-4-11(15)8-13/h2,4,6,8,10,12,17H,3,5,7,9H2,1H3,(H2,16,19)/t10-,12+/m0/s1. The molecular weight excluding hydrogens is 309 g/mol. The zero-order valence-electron chi connectivity index (χ0n) is 12.3. The van der Waals surface area contributed by atoms with Crippen molar-refractivity contribution in [3.8, 4) is 0 Å². The summed E-state index contributed by atoms with van der Waals surface area (Å²) in [7, 11) is -3.78. The highest BCUT2D eigenvalue weighted by Crippen LogP contribution is 2.17. The molecule has 1 aliphatic rings. The van der Waals surface area contributed by atoms with Gasteiger partial charge in [0.25, 0.3) is 0 Å². The molecule has 1 saturated heterocycles. The lowest BCUT2D eigenvalue weighted by atomic mass is 10.0. The molecule has 1 amide bonds. The van der Waals surface area contributed by atoms with Crippen molar-refractivity contribution in [2.45, 2.75) is 36.7 Å². The number of nitrogens with zero attached hydrogens (tertiary/aromatic N) is 1. The Morgan fingerprint density at radius 2 is 2.23 bits per heavy atom. The molecular formula is C14H20FN3O3S. The molecule has 22 heavy (non-hydrogen) atoms. The molecule has 2 rings (SSSR count). The van der Waals surface area contributed by atoms with Crippen molar-refractivity contribution in [1.29, 1.82) is 0 Å². The van der Waals surface area contributed by atoms with Crippen LogP contribution in [0.5, 0.6) is 0 Å². The first-order valence-corrected chi connectivity index (χ1v) is 8.59. The Kier molecular flexibility index (Phi) is 5.15. The van der Waals surface area contributed by atoms with Crippen LogP contribution in [0.25, 0.3) is 0 Å². The second kappa shape index (κ2) is 6.72. The SMILES string of the molecule is C[C@@H](C(N)=O)N1CCC[C@@H](NS(=O)(=O)c2cccc(F)c2)C1. The van der Waals surface area contributed by atoms with Gasteiger partial charge in [-0.2, -0.15) is 0 Å². The summed E-state index contributed by atoms with van der Waals surface area (Å²) in [6.07, 6.45) is 1.42. The van der Waals surface area contributed by atoms with Gasteiger partial charge in [-0.05, 0) is 44.5 Å². The van der Waals surface area contributed by atoms with Crippen LogP contribution < -0.4 is 10.5 Å². The predicted octanol–water partition coefficient (Wildman–Crippen LogP) is 0.442. The summed E-state index contributed by atoms with van der Waals surface area (Å²) in [5, 5.41) is 0. The average Bonchev–Trinajstić information content (AvgIpc) is 2.46. The first kappa shape index (κ1) is 16.9. The molecule has 0 saturated carbocycles. The molecule has 8 heteroatoms. The number of amides is 1. The van der Waals surface area contributed by atoms with Crippen molar-refractivity contribution >= 4 is 15.9 Å². The highest BCUT2D eigenvalue weighted by molar-refractivity contribution is 7.89. The van der Waals surface area contributed by atoms with Crippen LogP contribution in [0.15, 0.2) is 29.2 Å². The molecule has 0 bridgehead atoms. The van der Waals surface area contributed by atoms with Gasteiger partial charge in [-0.1, -0.05) is 6.07 Å². The van der Waals surface area contributed by atoms with E-state index in [4.69, 9.17) is 5.73 Å². The molecule has 0 aromatic heterocycles. The number of nitrogens with two attached hydrogens (primary N) is 1. The number of carbonyl (C=O) groups is 1. The Morgan fingerprint density at radius 3 is 2.86 bits per heavy atom. The lowest BCUT2D eigenvalue weighted by Gasteiger charge is -2.35. The number of primary amides is 1. The number of nitrogens with one attached hydrogen (secondary N) is 1. The minimum atomic E-state index is -3.78. The van der Waals surface area contributed by atoms with Gasteiger partial charge in [-0.15, -0.1) is 0 Å². The van der Waals surface area contributed by atoms with Gasteiger partial charge in [0, 0.05) is 12.6 Å². The van der Waals surface area contributed by atoms with Gasteiger partial charge >= 0.3 is 0 Å². The van der Waals surface area contributed by atoms with Gasteiger partial charge < -0.3 is 5.73 Å². The van der Waals surface area contributed by atoms with Crippen LogP contribution in [-0.4, -0.2) is 44.4 Å².